The highest BCUT2D eigenvalue weighted by molar-refractivity contribution is 7.09. The SMILES string of the molecule is Cc1ncsc1CN(C)CC1CCC(C(=O)NN)O1. The van der Waals surface area contributed by atoms with Gasteiger partial charge in [0.15, 0.2) is 0 Å². The van der Waals surface area contributed by atoms with Crippen molar-refractivity contribution < 1.29 is 9.53 Å². The van der Waals surface area contributed by atoms with Crippen LogP contribution >= 0.6 is 11.3 Å². The van der Waals surface area contributed by atoms with Crippen LogP contribution in [0.15, 0.2) is 5.51 Å². The molecule has 0 spiro atoms. The Morgan fingerprint density at radius 1 is 1.68 bits per heavy atom. The maximum Gasteiger partial charge on any atom is 0.263 e. The predicted molar refractivity (Wildman–Crippen MR) is 73.4 cm³/mol. The molecule has 2 heterocycles. The van der Waals surface area contributed by atoms with Crippen LogP contribution in [0.25, 0.3) is 0 Å². The van der Waals surface area contributed by atoms with Gasteiger partial charge in [0.1, 0.15) is 6.10 Å². The molecule has 2 atom stereocenters. The number of hydrazine groups is 1. The summed E-state index contributed by atoms with van der Waals surface area (Å²) in [6.07, 6.45) is 1.33. The molecule has 1 saturated heterocycles. The van der Waals surface area contributed by atoms with Gasteiger partial charge in [-0.1, -0.05) is 0 Å². The van der Waals surface area contributed by atoms with E-state index in [0.717, 1.165) is 31.6 Å². The molecule has 1 aliphatic rings. The minimum Gasteiger partial charge on any atom is -0.364 e. The van der Waals surface area contributed by atoms with Crippen LogP contribution in [0.3, 0.4) is 0 Å². The van der Waals surface area contributed by atoms with Gasteiger partial charge in [0.25, 0.3) is 5.91 Å². The maximum absolute atomic E-state index is 11.4. The standard InChI is InChI=1S/C12H20N4O2S/c1-8-11(19-7-14-8)6-16(2)5-9-3-4-10(18-9)12(17)15-13/h7,9-10H,3-6,13H2,1-2H3,(H,15,17). The number of rotatable bonds is 5. The van der Waals surface area contributed by atoms with Crippen molar-refractivity contribution in [3.63, 3.8) is 0 Å². The van der Waals surface area contributed by atoms with Gasteiger partial charge in [0, 0.05) is 18.0 Å². The lowest BCUT2D eigenvalue weighted by Gasteiger charge is -2.20. The molecule has 1 aliphatic heterocycles. The largest absolute Gasteiger partial charge is 0.364 e. The Hall–Kier alpha value is -1.02. The molecule has 1 aromatic heterocycles. The van der Waals surface area contributed by atoms with Gasteiger partial charge in [-0.25, -0.2) is 10.8 Å². The fraction of sp³-hybridized carbons (Fsp3) is 0.667. The van der Waals surface area contributed by atoms with Crippen LogP contribution in [0.4, 0.5) is 0 Å². The van der Waals surface area contributed by atoms with Crippen molar-refractivity contribution in [3.05, 3.63) is 16.1 Å². The van der Waals surface area contributed by atoms with Crippen LogP contribution in [0, 0.1) is 6.92 Å². The van der Waals surface area contributed by atoms with E-state index in [1.54, 1.807) is 11.3 Å². The quantitative estimate of drug-likeness (QED) is 0.465. The van der Waals surface area contributed by atoms with Crippen molar-refractivity contribution in [2.45, 2.75) is 38.5 Å². The highest BCUT2D eigenvalue weighted by Crippen LogP contribution is 2.21. The second-order valence-corrected chi connectivity index (χ2v) is 5.83. The molecule has 7 heteroatoms. The second-order valence-electron chi connectivity index (χ2n) is 4.89. The van der Waals surface area contributed by atoms with Crippen LogP contribution in [-0.4, -0.2) is 41.6 Å². The lowest BCUT2D eigenvalue weighted by Crippen LogP contribution is -2.39. The Morgan fingerprint density at radius 3 is 3.11 bits per heavy atom. The van der Waals surface area contributed by atoms with Gasteiger partial charge in [-0.15, -0.1) is 11.3 Å². The summed E-state index contributed by atoms with van der Waals surface area (Å²) in [7, 11) is 2.05. The number of nitrogens with one attached hydrogen (secondary N) is 1. The molecule has 0 radical (unpaired) electrons. The van der Waals surface area contributed by atoms with Crippen LogP contribution in [0.2, 0.25) is 0 Å². The highest BCUT2D eigenvalue weighted by atomic mass is 32.1. The number of ether oxygens (including phenoxy) is 1. The minimum atomic E-state index is -0.395. The molecule has 0 saturated carbocycles. The second kappa shape index (κ2) is 6.42. The number of nitrogens with zero attached hydrogens (tertiary/aromatic N) is 2. The normalized spacial score (nSPS) is 22.9. The third-order valence-electron chi connectivity index (χ3n) is 3.32. The number of aromatic nitrogens is 1. The summed E-state index contributed by atoms with van der Waals surface area (Å²) >= 11 is 1.67. The Kier molecular flexibility index (Phi) is 4.87. The maximum atomic E-state index is 11.4. The molecular weight excluding hydrogens is 264 g/mol. The predicted octanol–water partition coefficient (Wildman–Crippen LogP) is 0.421. The van der Waals surface area contributed by atoms with Crippen LogP contribution in [0.5, 0.6) is 0 Å². The first-order valence-electron chi connectivity index (χ1n) is 6.33. The Bertz CT molecular complexity index is 437. The molecule has 2 rings (SSSR count). The third kappa shape index (κ3) is 3.73. The summed E-state index contributed by atoms with van der Waals surface area (Å²) in [5, 5.41) is 0. The number of aryl methyl sites for hydroxylation is 1. The van der Waals surface area contributed by atoms with E-state index in [9.17, 15) is 4.79 Å². The molecule has 6 nitrogen and oxygen atoms in total. The molecule has 106 valence electrons. The first kappa shape index (κ1) is 14.4. The molecule has 0 aliphatic carbocycles. The van der Waals surface area contributed by atoms with E-state index < -0.39 is 6.10 Å². The summed E-state index contributed by atoms with van der Waals surface area (Å²) in [5.41, 5.74) is 5.10. The smallest absolute Gasteiger partial charge is 0.263 e. The van der Waals surface area contributed by atoms with Crippen molar-refractivity contribution in [2.75, 3.05) is 13.6 Å². The van der Waals surface area contributed by atoms with Crippen molar-refractivity contribution in [1.82, 2.24) is 15.3 Å². The molecule has 3 N–H and O–H groups in total. The molecule has 1 aromatic rings. The zero-order chi connectivity index (χ0) is 13.8. The lowest BCUT2D eigenvalue weighted by atomic mass is 10.2. The summed E-state index contributed by atoms with van der Waals surface area (Å²) in [6.45, 7) is 3.70. The van der Waals surface area contributed by atoms with Gasteiger partial charge in [0.05, 0.1) is 17.3 Å². The van der Waals surface area contributed by atoms with Crippen LogP contribution in [0.1, 0.15) is 23.4 Å². The highest BCUT2D eigenvalue weighted by Gasteiger charge is 2.30. The number of amides is 1. The van der Waals surface area contributed by atoms with Gasteiger partial charge >= 0.3 is 0 Å². The fourth-order valence-electron chi connectivity index (χ4n) is 2.26. The molecular formula is C12H20N4O2S. The number of nitrogens with two attached hydrogens (primary N) is 1. The van der Waals surface area contributed by atoms with E-state index in [1.807, 2.05) is 12.4 Å². The molecule has 2 unspecified atom stereocenters. The molecule has 19 heavy (non-hydrogen) atoms. The summed E-state index contributed by atoms with van der Waals surface area (Å²) in [4.78, 5) is 19.1. The van der Waals surface area contributed by atoms with Crippen molar-refractivity contribution in [2.24, 2.45) is 5.84 Å². The molecule has 0 aromatic carbocycles. The fourth-order valence-corrected chi connectivity index (χ4v) is 3.12. The van der Waals surface area contributed by atoms with Crippen molar-refractivity contribution in [3.8, 4) is 0 Å². The number of hydrogen-bond donors (Lipinski definition) is 2. The van der Waals surface area contributed by atoms with Crippen molar-refractivity contribution >= 4 is 17.2 Å². The molecule has 0 bridgehead atoms. The van der Waals surface area contributed by atoms with E-state index in [1.165, 1.54) is 4.88 Å². The first-order valence-corrected chi connectivity index (χ1v) is 7.21. The lowest BCUT2D eigenvalue weighted by molar-refractivity contribution is -0.132. The number of likely N-dealkylation sites (N-methyl/N-ethyl adjacent to an activating group) is 1. The van der Waals surface area contributed by atoms with E-state index in [-0.39, 0.29) is 12.0 Å². The van der Waals surface area contributed by atoms with Gasteiger partial charge in [-0.2, -0.15) is 0 Å². The third-order valence-corrected chi connectivity index (χ3v) is 4.24. The Balaban J connectivity index is 1.79. The summed E-state index contributed by atoms with van der Waals surface area (Å²) in [6, 6.07) is 0. The first-order chi connectivity index (χ1) is 9.10. The van der Waals surface area contributed by atoms with Gasteiger partial charge < -0.3 is 4.74 Å². The summed E-state index contributed by atoms with van der Waals surface area (Å²) in [5.74, 6) is 4.88. The monoisotopic (exact) mass is 284 g/mol. The van der Waals surface area contributed by atoms with Gasteiger partial charge in [-0.05, 0) is 26.8 Å². The Labute approximate surface area is 116 Å². The van der Waals surface area contributed by atoms with E-state index in [2.05, 4.69) is 22.4 Å². The Morgan fingerprint density at radius 2 is 2.47 bits per heavy atom. The minimum absolute atomic E-state index is 0.0977. The summed E-state index contributed by atoms with van der Waals surface area (Å²) < 4.78 is 5.69. The number of carbonyl (C=O) groups excluding carboxylic acids is 1. The number of hydrogen-bond acceptors (Lipinski definition) is 6. The van der Waals surface area contributed by atoms with E-state index in [4.69, 9.17) is 10.6 Å². The molecule has 1 fully saturated rings. The topological polar surface area (TPSA) is 80.5 Å². The van der Waals surface area contributed by atoms with Gasteiger partial charge in [0.2, 0.25) is 0 Å². The van der Waals surface area contributed by atoms with Crippen LogP contribution in [-0.2, 0) is 16.1 Å². The number of thiazole rings is 1. The molecule has 1 amide bonds. The van der Waals surface area contributed by atoms with Crippen LogP contribution < -0.4 is 11.3 Å². The van der Waals surface area contributed by atoms with Gasteiger partial charge in [-0.3, -0.25) is 15.1 Å². The zero-order valence-electron chi connectivity index (χ0n) is 11.3. The average Bonchev–Trinajstić information content (AvgIpc) is 2.99. The number of carbonyl (C=O) groups is 1. The van der Waals surface area contributed by atoms with Crippen molar-refractivity contribution in [1.29, 1.82) is 0 Å². The zero-order valence-corrected chi connectivity index (χ0v) is 12.1. The van der Waals surface area contributed by atoms with E-state index >= 15 is 0 Å². The average molecular weight is 284 g/mol. The van der Waals surface area contributed by atoms with E-state index in [0.29, 0.717) is 0 Å².